The molecule has 1 aliphatic heterocycles. The van der Waals surface area contributed by atoms with Crippen LogP contribution in [0, 0.1) is 17.8 Å². The van der Waals surface area contributed by atoms with E-state index in [0.717, 1.165) is 36.8 Å². The maximum absolute atomic E-state index is 13.2. The average Bonchev–Trinajstić information content (AvgIpc) is 3.01. The number of amides is 1. The third-order valence-electron chi connectivity index (χ3n) is 8.80. The normalized spacial score (nSPS) is 28.3. The number of ketones is 1. The van der Waals surface area contributed by atoms with Gasteiger partial charge in [-0.05, 0) is 55.9 Å². The molecule has 1 heterocycles. The number of fused-ring (bicyclic) bond motifs is 2. The highest BCUT2D eigenvalue weighted by Gasteiger charge is 2.31. The van der Waals surface area contributed by atoms with E-state index in [1.54, 1.807) is 32.3 Å². The summed E-state index contributed by atoms with van der Waals surface area (Å²) in [6.45, 7) is 5.47. The zero-order chi connectivity index (χ0) is 32.8. The summed E-state index contributed by atoms with van der Waals surface area (Å²) in [4.78, 5) is 38.7. The van der Waals surface area contributed by atoms with Crippen LogP contribution in [0.15, 0.2) is 66.3 Å². The number of phenols is 1. The fraction of sp³-hybridized carbons (Fsp3) is 0.541. The minimum atomic E-state index is -0.854. The molecule has 3 rings (SSSR count). The molecule has 2 aliphatic rings. The van der Waals surface area contributed by atoms with E-state index < -0.39 is 36.1 Å². The van der Waals surface area contributed by atoms with Crippen LogP contribution in [0.2, 0.25) is 0 Å². The Hall–Kier alpha value is -3.49. The number of allylic oxidation sites excluding steroid dienone is 5. The zero-order valence-electron chi connectivity index (χ0n) is 27.2. The van der Waals surface area contributed by atoms with Crippen molar-refractivity contribution in [2.75, 3.05) is 12.4 Å². The number of aliphatic hydroxyl groups is 1. The molecule has 1 amide bonds. The van der Waals surface area contributed by atoms with Gasteiger partial charge in [0.1, 0.15) is 17.6 Å². The molecule has 0 aromatic heterocycles. The van der Waals surface area contributed by atoms with Crippen molar-refractivity contribution in [2.24, 2.45) is 17.8 Å². The van der Waals surface area contributed by atoms with E-state index in [-0.39, 0.29) is 36.2 Å². The van der Waals surface area contributed by atoms with Crippen LogP contribution in [0.5, 0.6) is 5.75 Å². The Balaban J connectivity index is 1.78. The largest absolute Gasteiger partial charge is 0.508 e. The Morgan fingerprint density at radius 1 is 1.07 bits per heavy atom. The Morgan fingerprint density at radius 2 is 1.80 bits per heavy atom. The Bertz CT molecular complexity index is 1260. The van der Waals surface area contributed by atoms with Crippen molar-refractivity contribution in [2.45, 2.75) is 103 Å². The topological polar surface area (TPSA) is 122 Å². The standard InChI is InChI=1S/C37H51NO7/c1-25-14-13-15-28-21-30(23-31(39)22-28)38-35(41)24-32(44-4)18-11-6-5-7-12-19-34(27(3)36(25)42)45-37(43)26(2)20-33(40)29-16-9-8-10-17-29/h5-7,11-12,14,18,21-23,26-27,29,32,34,36,39,42H,8-10,13,15-17,19-20,24H2,1-4H3,(H,38,41)/b6-5+,12-7+,18-11+,25-14-/t26-,27-,32-,34-,36-/m0/s1. The van der Waals surface area contributed by atoms with Gasteiger partial charge in [0.25, 0.3) is 0 Å². The Labute approximate surface area is 268 Å². The minimum Gasteiger partial charge on any atom is -0.508 e. The van der Waals surface area contributed by atoms with Gasteiger partial charge < -0.3 is 25.0 Å². The molecule has 0 unspecified atom stereocenters. The number of esters is 1. The van der Waals surface area contributed by atoms with Gasteiger partial charge in [0.05, 0.1) is 24.5 Å². The molecule has 8 heteroatoms. The lowest BCUT2D eigenvalue weighted by atomic mass is 9.83. The van der Waals surface area contributed by atoms with Crippen molar-refractivity contribution < 1.29 is 34.1 Å². The van der Waals surface area contributed by atoms with Crippen LogP contribution in [0.3, 0.4) is 0 Å². The van der Waals surface area contributed by atoms with Crippen LogP contribution in [-0.4, -0.2) is 53.3 Å². The van der Waals surface area contributed by atoms with E-state index in [9.17, 15) is 24.6 Å². The van der Waals surface area contributed by atoms with E-state index in [1.165, 1.54) is 12.5 Å². The van der Waals surface area contributed by atoms with E-state index in [2.05, 4.69) is 5.32 Å². The molecule has 0 radical (unpaired) electrons. The zero-order valence-corrected chi connectivity index (χ0v) is 27.2. The van der Waals surface area contributed by atoms with Gasteiger partial charge in [-0.2, -0.15) is 0 Å². The second kappa shape index (κ2) is 18.5. The van der Waals surface area contributed by atoms with Gasteiger partial charge in [-0.25, -0.2) is 0 Å². The molecule has 3 N–H and O–H groups in total. The molecular formula is C37H51NO7. The van der Waals surface area contributed by atoms with Gasteiger partial charge in [0, 0.05) is 43.5 Å². The molecule has 45 heavy (non-hydrogen) atoms. The molecule has 0 saturated heterocycles. The first kappa shape index (κ1) is 36.0. The van der Waals surface area contributed by atoms with Crippen molar-refractivity contribution in [1.82, 2.24) is 0 Å². The number of hydrogen-bond donors (Lipinski definition) is 3. The molecule has 1 fully saturated rings. The lowest BCUT2D eigenvalue weighted by molar-refractivity contribution is -0.159. The third-order valence-corrected chi connectivity index (χ3v) is 8.80. The predicted octanol–water partition coefficient (Wildman–Crippen LogP) is 6.77. The molecule has 1 aromatic rings. The first-order valence-electron chi connectivity index (χ1n) is 16.3. The maximum atomic E-state index is 13.2. The fourth-order valence-electron chi connectivity index (χ4n) is 5.94. The van der Waals surface area contributed by atoms with E-state index >= 15 is 0 Å². The number of nitrogens with one attached hydrogen (secondary N) is 1. The number of rotatable bonds is 6. The van der Waals surface area contributed by atoms with Gasteiger partial charge in [-0.3, -0.25) is 14.4 Å². The lowest BCUT2D eigenvalue weighted by Gasteiger charge is -2.29. The highest BCUT2D eigenvalue weighted by atomic mass is 16.5. The quantitative estimate of drug-likeness (QED) is 0.237. The van der Waals surface area contributed by atoms with E-state index in [0.29, 0.717) is 24.9 Å². The third kappa shape index (κ3) is 12.1. The van der Waals surface area contributed by atoms with Gasteiger partial charge >= 0.3 is 5.97 Å². The second-order valence-corrected chi connectivity index (χ2v) is 12.5. The summed E-state index contributed by atoms with van der Waals surface area (Å²) in [6, 6.07) is 4.98. The summed E-state index contributed by atoms with van der Waals surface area (Å²) >= 11 is 0. The SMILES string of the molecule is CO[C@H]1/C=C/C=C/C=C/C[C@H](OC(=O)[C@@H](C)CC(=O)C2CCCCC2)[C@H](C)[C@@H](O)/C(C)=C\CCc2cc(O)cc(c2)NC(=O)C1. The number of Topliss-reactive ketones (excluding diaryl/α,β-unsaturated/α-hetero) is 1. The van der Waals surface area contributed by atoms with Crippen LogP contribution < -0.4 is 5.32 Å². The van der Waals surface area contributed by atoms with Crippen molar-refractivity contribution in [1.29, 1.82) is 0 Å². The molecule has 246 valence electrons. The van der Waals surface area contributed by atoms with Crippen molar-refractivity contribution >= 4 is 23.3 Å². The smallest absolute Gasteiger partial charge is 0.309 e. The van der Waals surface area contributed by atoms with Crippen molar-refractivity contribution in [3.63, 3.8) is 0 Å². The first-order valence-corrected chi connectivity index (χ1v) is 16.3. The fourth-order valence-corrected chi connectivity index (χ4v) is 5.94. The maximum Gasteiger partial charge on any atom is 0.309 e. The number of ether oxygens (including phenoxy) is 2. The molecule has 1 aliphatic carbocycles. The average molecular weight is 622 g/mol. The molecule has 5 atom stereocenters. The van der Waals surface area contributed by atoms with Gasteiger partial charge in [-0.1, -0.05) is 75.6 Å². The van der Waals surface area contributed by atoms with Gasteiger partial charge in [0.2, 0.25) is 5.91 Å². The molecular weight excluding hydrogens is 570 g/mol. The number of hydrogen-bond acceptors (Lipinski definition) is 7. The monoisotopic (exact) mass is 621 g/mol. The van der Waals surface area contributed by atoms with Crippen LogP contribution in [0.4, 0.5) is 5.69 Å². The van der Waals surface area contributed by atoms with Gasteiger partial charge in [-0.15, -0.1) is 0 Å². The van der Waals surface area contributed by atoms with Crippen LogP contribution in [0.1, 0.15) is 84.1 Å². The molecule has 0 spiro atoms. The number of methoxy groups -OCH3 is 1. The predicted molar refractivity (Wildman–Crippen MR) is 177 cm³/mol. The number of benzene rings is 1. The summed E-state index contributed by atoms with van der Waals surface area (Å²) in [7, 11) is 1.54. The van der Waals surface area contributed by atoms with Crippen LogP contribution in [0.25, 0.3) is 0 Å². The summed E-state index contributed by atoms with van der Waals surface area (Å²) < 4.78 is 11.4. The molecule has 1 saturated carbocycles. The van der Waals surface area contributed by atoms with E-state index in [4.69, 9.17) is 9.47 Å². The van der Waals surface area contributed by atoms with Crippen molar-refractivity contribution in [3.05, 3.63) is 71.9 Å². The number of aliphatic hydroxyl groups excluding tert-OH is 1. The Morgan fingerprint density at radius 3 is 2.53 bits per heavy atom. The molecule has 2 bridgehead atoms. The summed E-state index contributed by atoms with van der Waals surface area (Å²) in [6.07, 6.45) is 18.0. The minimum absolute atomic E-state index is 0.0443. The highest BCUT2D eigenvalue weighted by molar-refractivity contribution is 5.91. The molecule has 1 aromatic carbocycles. The Kier molecular flexibility index (Phi) is 14.8. The number of phenolic OH excluding ortho intramolecular Hbond substituents is 1. The van der Waals surface area contributed by atoms with Crippen molar-refractivity contribution in [3.8, 4) is 5.75 Å². The summed E-state index contributed by atoms with van der Waals surface area (Å²) in [5.74, 6) is -1.38. The van der Waals surface area contributed by atoms with Crippen LogP contribution in [-0.2, 0) is 30.3 Å². The highest BCUT2D eigenvalue weighted by Crippen LogP contribution is 2.28. The lowest BCUT2D eigenvalue weighted by Crippen LogP contribution is -2.35. The summed E-state index contributed by atoms with van der Waals surface area (Å²) in [5.41, 5.74) is 2.09. The second-order valence-electron chi connectivity index (χ2n) is 12.5. The number of carbonyl (C=O) groups is 3. The number of aromatic hydroxyl groups is 1. The number of aryl methyl sites for hydroxylation is 1. The van der Waals surface area contributed by atoms with E-state index in [1.807, 2.05) is 50.3 Å². The van der Waals surface area contributed by atoms with Gasteiger partial charge in [0.15, 0.2) is 0 Å². The summed E-state index contributed by atoms with van der Waals surface area (Å²) in [5, 5.41) is 24.4. The van der Waals surface area contributed by atoms with Crippen LogP contribution >= 0.6 is 0 Å². The number of carbonyl (C=O) groups excluding carboxylic acids is 3. The first-order chi connectivity index (χ1) is 21.6. The number of anilines is 1. The molecule has 8 nitrogen and oxygen atoms in total.